The fourth-order valence-electron chi connectivity index (χ4n) is 2.90. The number of hydrogen-bond donors (Lipinski definition) is 1. The van der Waals surface area contributed by atoms with Crippen molar-refractivity contribution in [3.8, 4) is 5.75 Å². The summed E-state index contributed by atoms with van der Waals surface area (Å²) in [4.78, 5) is 25.5. The predicted molar refractivity (Wildman–Crippen MR) is 96.5 cm³/mol. The third-order valence-corrected chi connectivity index (χ3v) is 4.27. The van der Waals surface area contributed by atoms with Gasteiger partial charge in [-0.25, -0.2) is 0 Å². The van der Waals surface area contributed by atoms with Crippen LogP contribution in [0.15, 0.2) is 54.6 Å². The average molecular weight is 338 g/mol. The van der Waals surface area contributed by atoms with Crippen molar-refractivity contribution in [3.63, 3.8) is 0 Å². The molecule has 2 aromatic rings. The minimum atomic E-state index is -0.171. The first-order valence-corrected chi connectivity index (χ1v) is 8.51. The zero-order valence-electron chi connectivity index (χ0n) is 14.3. The van der Waals surface area contributed by atoms with Gasteiger partial charge < -0.3 is 15.0 Å². The highest BCUT2D eigenvalue weighted by Gasteiger charge is 2.21. The molecule has 1 aliphatic heterocycles. The Labute approximate surface area is 147 Å². The van der Waals surface area contributed by atoms with E-state index < -0.39 is 0 Å². The van der Waals surface area contributed by atoms with Crippen LogP contribution < -0.4 is 15.0 Å². The molecule has 1 heterocycles. The molecule has 1 atom stereocenters. The molecule has 2 aromatic carbocycles. The second-order valence-electron chi connectivity index (χ2n) is 6.13. The third-order valence-electron chi connectivity index (χ3n) is 4.27. The Hall–Kier alpha value is -2.82. The van der Waals surface area contributed by atoms with Crippen LogP contribution in [0.4, 0.5) is 5.69 Å². The molecule has 5 heteroatoms. The number of carbonyl (C=O) groups is 2. The molecule has 0 aliphatic carbocycles. The number of benzene rings is 2. The quantitative estimate of drug-likeness (QED) is 0.881. The van der Waals surface area contributed by atoms with Crippen molar-refractivity contribution in [1.82, 2.24) is 5.32 Å². The summed E-state index contributed by atoms with van der Waals surface area (Å²) in [5.41, 5.74) is 1.92. The maximum atomic E-state index is 12.0. The van der Waals surface area contributed by atoms with Crippen molar-refractivity contribution in [2.45, 2.75) is 25.8 Å². The van der Waals surface area contributed by atoms with Crippen LogP contribution in [-0.2, 0) is 9.59 Å². The number of rotatable bonds is 6. The van der Waals surface area contributed by atoms with Gasteiger partial charge in [0.25, 0.3) is 5.91 Å². The molecule has 0 aromatic heterocycles. The molecular formula is C20H22N2O3. The molecule has 1 saturated heterocycles. The molecule has 25 heavy (non-hydrogen) atoms. The van der Waals surface area contributed by atoms with Crippen molar-refractivity contribution in [1.29, 1.82) is 0 Å². The topological polar surface area (TPSA) is 58.6 Å². The second-order valence-corrected chi connectivity index (χ2v) is 6.13. The summed E-state index contributed by atoms with van der Waals surface area (Å²) in [6.07, 6.45) is 1.51. The molecule has 0 radical (unpaired) electrons. The predicted octanol–water partition coefficient (Wildman–Crippen LogP) is 3.07. The van der Waals surface area contributed by atoms with Crippen LogP contribution in [0.1, 0.15) is 31.4 Å². The van der Waals surface area contributed by atoms with Crippen LogP contribution in [0.2, 0.25) is 0 Å². The molecule has 1 fully saturated rings. The minimum Gasteiger partial charge on any atom is -0.484 e. The summed E-state index contributed by atoms with van der Waals surface area (Å²) in [7, 11) is 0. The maximum Gasteiger partial charge on any atom is 0.258 e. The van der Waals surface area contributed by atoms with E-state index >= 15 is 0 Å². The van der Waals surface area contributed by atoms with E-state index in [1.165, 1.54) is 0 Å². The Morgan fingerprint density at radius 3 is 2.52 bits per heavy atom. The molecule has 1 N–H and O–H groups in total. The standard InChI is InChI=1S/C20H22N2O3/c1-15(16-6-3-2-4-7-16)21-19(23)14-25-18-11-9-17(10-12-18)22-13-5-8-20(22)24/h2-4,6-7,9-12,15H,5,8,13-14H2,1H3,(H,21,23)/t15-/m1/s1. The molecule has 130 valence electrons. The maximum absolute atomic E-state index is 12.0. The molecule has 0 spiro atoms. The number of hydrogen-bond acceptors (Lipinski definition) is 3. The lowest BCUT2D eigenvalue weighted by Crippen LogP contribution is -2.31. The van der Waals surface area contributed by atoms with E-state index in [1.807, 2.05) is 49.4 Å². The SMILES string of the molecule is C[C@@H](NC(=O)COc1ccc(N2CCCC2=O)cc1)c1ccccc1. The lowest BCUT2D eigenvalue weighted by Gasteiger charge is -2.16. The average Bonchev–Trinajstić information content (AvgIpc) is 3.07. The fourth-order valence-corrected chi connectivity index (χ4v) is 2.90. The van der Waals surface area contributed by atoms with Crippen molar-refractivity contribution >= 4 is 17.5 Å². The van der Waals surface area contributed by atoms with Crippen molar-refractivity contribution in [3.05, 3.63) is 60.2 Å². The summed E-state index contributed by atoms with van der Waals surface area (Å²) in [5.74, 6) is 0.594. The fraction of sp³-hybridized carbons (Fsp3) is 0.300. The Morgan fingerprint density at radius 1 is 1.16 bits per heavy atom. The van der Waals surface area contributed by atoms with E-state index in [0.29, 0.717) is 12.2 Å². The summed E-state index contributed by atoms with van der Waals surface area (Å²) in [6, 6.07) is 17.0. The Balaban J connectivity index is 1.49. The van der Waals surface area contributed by atoms with Gasteiger partial charge in [-0.1, -0.05) is 30.3 Å². The largest absolute Gasteiger partial charge is 0.484 e. The van der Waals surface area contributed by atoms with Gasteiger partial charge in [0.05, 0.1) is 6.04 Å². The van der Waals surface area contributed by atoms with Crippen molar-refractivity contribution in [2.75, 3.05) is 18.1 Å². The molecular weight excluding hydrogens is 316 g/mol. The minimum absolute atomic E-state index is 0.0425. The van der Waals surface area contributed by atoms with Gasteiger partial charge in [0.15, 0.2) is 6.61 Å². The Kier molecular flexibility index (Phi) is 5.33. The number of amides is 2. The van der Waals surface area contributed by atoms with Gasteiger partial charge in [0.2, 0.25) is 5.91 Å². The Morgan fingerprint density at radius 2 is 1.88 bits per heavy atom. The number of nitrogens with zero attached hydrogens (tertiary/aromatic N) is 1. The molecule has 0 unspecified atom stereocenters. The summed E-state index contributed by atoms with van der Waals surface area (Å²) >= 11 is 0. The van der Waals surface area contributed by atoms with Gasteiger partial charge in [0.1, 0.15) is 5.75 Å². The van der Waals surface area contributed by atoms with Gasteiger partial charge in [-0.05, 0) is 43.2 Å². The van der Waals surface area contributed by atoms with E-state index in [0.717, 1.165) is 24.2 Å². The molecule has 0 saturated carbocycles. The van der Waals surface area contributed by atoms with Gasteiger partial charge in [-0.3, -0.25) is 9.59 Å². The lowest BCUT2D eigenvalue weighted by molar-refractivity contribution is -0.123. The third kappa shape index (κ3) is 4.38. The number of anilines is 1. The van der Waals surface area contributed by atoms with E-state index in [2.05, 4.69) is 5.32 Å². The van der Waals surface area contributed by atoms with Gasteiger partial charge in [-0.2, -0.15) is 0 Å². The van der Waals surface area contributed by atoms with E-state index in [9.17, 15) is 9.59 Å². The highest BCUT2D eigenvalue weighted by Crippen LogP contribution is 2.23. The first kappa shape index (κ1) is 17.0. The van der Waals surface area contributed by atoms with E-state index in [4.69, 9.17) is 4.74 Å². The second kappa shape index (κ2) is 7.83. The van der Waals surface area contributed by atoms with Crippen LogP contribution in [0, 0.1) is 0 Å². The van der Waals surface area contributed by atoms with Crippen LogP contribution in [0.25, 0.3) is 0 Å². The molecule has 2 amide bonds. The molecule has 5 nitrogen and oxygen atoms in total. The molecule has 3 rings (SSSR count). The Bertz CT molecular complexity index is 728. The van der Waals surface area contributed by atoms with Crippen molar-refractivity contribution < 1.29 is 14.3 Å². The number of ether oxygens (including phenoxy) is 1. The van der Waals surface area contributed by atoms with Crippen LogP contribution >= 0.6 is 0 Å². The first-order valence-electron chi connectivity index (χ1n) is 8.51. The van der Waals surface area contributed by atoms with Crippen LogP contribution in [0.3, 0.4) is 0 Å². The van der Waals surface area contributed by atoms with Crippen molar-refractivity contribution in [2.24, 2.45) is 0 Å². The summed E-state index contributed by atoms with van der Waals surface area (Å²) in [6.45, 7) is 2.66. The number of nitrogens with one attached hydrogen (secondary N) is 1. The highest BCUT2D eigenvalue weighted by molar-refractivity contribution is 5.95. The van der Waals surface area contributed by atoms with Crippen LogP contribution in [0.5, 0.6) is 5.75 Å². The van der Waals surface area contributed by atoms with Gasteiger partial charge >= 0.3 is 0 Å². The molecule has 0 bridgehead atoms. The van der Waals surface area contributed by atoms with Gasteiger partial charge in [-0.15, -0.1) is 0 Å². The van der Waals surface area contributed by atoms with Gasteiger partial charge in [0, 0.05) is 18.7 Å². The first-order chi connectivity index (χ1) is 12.1. The molecule has 1 aliphatic rings. The zero-order chi connectivity index (χ0) is 17.6. The normalized spacial score (nSPS) is 15.1. The van der Waals surface area contributed by atoms with Crippen LogP contribution in [-0.4, -0.2) is 25.0 Å². The zero-order valence-corrected chi connectivity index (χ0v) is 14.3. The summed E-state index contributed by atoms with van der Waals surface area (Å²) in [5, 5.41) is 2.91. The van der Waals surface area contributed by atoms with E-state index in [-0.39, 0.29) is 24.5 Å². The monoisotopic (exact) mass is 338 g/mol. The highest BCUT2D eigenvalue weighted by atomic mass is 16.5. The lowest BCUT2D eigenvalue weighted by atomic mass is 10.1. The summed E-state index contributed by atoms with van der Waals surface area (Å²) < 4.78 is 5.53. The smallest absolute Gasteiger partial charge is 0.258 e. The van der Waals surface area contributed by atoms with E-state index in [1.54, 1.807) is 17.0 Å². The number of carbonyl (C=O) groups excluding carboxylic acids is 2.